The summed E-state index contributed by atoms with van der Waals surface area (Å²) < 4.78 is 31.8. The number of primary amides is 1. The molecule has 2 atom stereocenters. The van der Waals surface area contributed by atoms with E-state index in [4.69, 9.17) is 17.3 Å². The van der Waals surface area contributed by atoms with Crippen molar-refractivity contribution in [2.24, 2.45) is 15.7 Å². The van der Waals surface area contributed by atoms with Crippen molar-refractivity contribution < 1.29 is 28.0 Å². The standard InChI is InChI=1S/C35H32ClF2N7O4/c1-18(15-41-20(3)40-4)21-9-11-29-26(12-21)33(19(2)46)43-45(29)17-31(47)44-16-23(37)14-30(44)35(49)42-28-7-5-6-24(32(28)38)25-13-22(34(39)48)8-10-27(25)36/h5-13,15,23,30H,4,14,16-17H2,1-3H3,(H2,39,48)(H,42,49)/b18-15+,41-20-/t23-,30+/m1/s1. The summed E-state index contributed by atoms with van der Waals surface area (Å²) >= 11 is 6.28. The number of carbonyl (C=O) groups is 4. The lowest BCUT2D eigenvalue weighted by molar-refractivity contribution is -0.137. The Labute approximate surface area is 285 Å². The van der Waals surface area contributed by atoms with Crippen LogP contribution in [0, 0.1) is 5.82 Å². The molecule has 252 valence electrons. The molecule has 3 amide bonds. The number of carbonyl (C=O) groups excluding carboxylic acids is 4. The normalized spacial score (nSPS) is 16.6. The van der Waals surface area contributed by atoms with Crippen LogP contribution in [-0.4, -0.2) is 69.5 Å². The summed E-state index contributed by atoms with van der Waals surface area (Å²) in [6.07, 6.45) is -0.187. The fourth-order valence-electron chi connectivity index (χ4n) is 5.58. The SMILES string of the molecule is C=N/C(C)=N\C=C(/C)c1ccc2c(c1)c(C(C)=O)nn2CC(=O)N1C[C@H](F)C[C@H]1C(=O)Nc1cccc(-c2cc(C(N)=O)ccc2Cl)c1F. The molecule has 1 aliphatic rings. The lowest BCUT2D eigenvalue weighted by Gasteiger charge is -2.24. The molecule has 0 unspecified atom stereocenters. The number of benzene rings is 3. The van der Waals surface area contributed by atoms with E-state index in [0.717, 1.165) is 16.0 Å². The maximum Gasteiger partial charge on any atom is 0.248 e. The first kappa shape index (κ1) is 34.8. The molecule has 3 N–H and O–H groups in total. The van der Waals surface area contributed by atoms with Gasteiger partial charge in [0.05, 0.1) is 17.7 Å². The van der Waals surface area contributed by atoms with Gasteiger partial charge in [0.25, 0.3) is 0 Å². The van der Waals surface area contributed by atoms with Crippen LogP contribution in [0.25, 0.3) is 27.6 Å². The van der Waals surface area contributed by atoms with Gasteiger partial charge in [0.2, 0.25) is 17.7 Å². The number of halogens is 3. The summed E-state index contributed by atoms with van der Waals surface area (Å²) in [4.78, 5) is 60.3. The number of alkyl halides is 1. The minimum atomic E-state index is -1.51. The van der Waals surface area contributed by atoms with E-state index in [1.807, 2.05) is 6.92 Å². The number of allylic oxidation sites excluding steroid dienone is 1. The van der Waals surface area contributed by atoms with Crippen LogP contribution in [0.15, 0.2) is 70.8 Å². The first-order valence-electron chi connectivity index (χ1n) is 15.1. The monoisotopic (exact) mass is 687 g/mol. The van der Waals surface area contributed by atoms with Crippen molar-refractivity contribution in [3.8, 4) is 11.1 Å². The van der Waals surface area contributed by atoms with Crippen LogP contribution in [0.3, 0.4) is 0 Å². The molecular formula is C35H32ClF2N7O4. The maximum atomic E-state index is 15.7. The number of nitrogens with zero attached hydrogens (tertiary/aromatic N) is 5. The second kappa shape index (κ2) is 14.3. The van der Waals surface area contributed by atoms with E-state index in [0.29, 0.717) is 16.7 Å². The van der Waals surface area contributed by atoms with Crippen molar-refractivity contribution >= 4 is 69.8 Å². The summed E-state index contributed by atoms with van der Waals surface area (Å²) in [6.45, 7) is 7.59. The Kier molecular flexibility index (Phi) is 10.1. The number of fused-ring (bicyclic) bond motifs is 1. The van der Waals surface area contributed by atoms with E-state index >= 15 is 4.39 Å². The van der Waals surface area contributed by atoms with Gasteiger partial charge in [-0.3, -0.25) is 23.9 Å². The number of aliphatic imine (C=N–C) groups is 2. The molecule has 2 heterocycles. The summed E-state index contributed by atoms with van der Waals surface area (Å²) in [5.41, 5.74) is 7.58. The Morgan fingerprint density at radius 3 is 2.51 bits per heavy atom. The second-order valence-corrected chi connectivity index (χ2v) is 12.0. The van der Waals surface area contributed by atoms with Crippen LogP contribution in [0.1, 0.15) is 53.6 Å². The molecule has 1 saturated heterocycles. The zero-order valence-electron chi connectivity index (χ0n) is 26.8. The number of hydrogen-bond donors (Lipinski definition) is 2. The zero-order valence-corrected chi connectivity index (χ0v) is 27.6. The highest BCUT2D eigenvalue weighted by atomic mass is 35.5. The second-order valence-electron chi connectivity index (χ2n) is 11.6. The summed E-state index contributed by atoms with van der Waals surface area (Å²) in [5, 5.41) is 7.51. The first-order valence-corrected chi connectivity index (χ1v) is 15.5. The van der Waals surface area contributed by atoms with Gasteiger partial charge in [-0.2, -0.15) is 5.10 Å². The molecule has 0 aliphatic carbocycles. The number of aromatic nitrogens is 2. The van der Waals surface area contributed by atoms with E-state index in [2.05, 4.69) is 27.1 Å². The molecule has 5 rings (SSSR count). The number of nitrogens with two attached hydrogens (primary N) is 1. The van der Waals surface area contributed by atoms with Crippen molar-refractivity contribution in [3.63, 3.8) is 0 Å². The number of nitrogens with one attached hydrogen (secondary N) is 1. The van der Waals surface area contributed by atoms with Crippen LogP contribution in [0.5, 0.6) is 0 Å². The lowest BCUT2D eigenvalue weighted by atomic mass is 10.0. The van der Waals surface area contributed by atoms with E-state index in [1.54, 1.807) is 31.3 Å². The van der Waals surface area contributed by atoms with Crippen molar-refractivity contribution in [3.05, 3.63) is 88.5 Å². The third kappa shape index (κ3) is 7.31. The number of likely N-dealkylation sites (tertiary alicyclic amines) is 1. The molecule has 1 aliphatic heterocycles. The largest absolute Gasteiger partial charge is 0.366 e. The van der Waals surface area contributed by atoms with Gasteiger partial charge in [-0.1, -0.05) is 29.8 Å². The molecule has 49 heavy (non-hydrogen) atoms. The van der Waals surface area contributed by atoms with Crippen molar-refractivity contribution in [2.75, 3.05) is 11.9 Å². The van der Waals surface area contributed by atoms with Crippen LogP contribution in [0.2, 0.25) is 5.02 Å². The minimum Gasteiger partial charge on any atom is -0.366 e. The molecule has 0 radical (unpaired) electrons. The summed E-state index contributed by atoms with van der Waals surface area (Å²) in [6, 6.07) is 12.4. The number of amidine groups is 1. The Morgan fingerprint density at radius 2 is 1.82 bits per heavy atom. The third-order valence-corrected chi connectivity index (χ3v) is 8.50. The topological polar surface area (TPSA) is 152 Å². The quantitative estimate of drug-likeness (QED) is 0.128. The number of anilines is 1. The van der Waals surface area contributed by atoms with Crippen LogP contribution < -0.4 is 11.1 Å². The van der Waals surface area contributed by atoms with Gasteiger partial charge < -0.3 is 16.0 Å². The Balaban J connectivity index is 1.39. The van der Waals surface area contributed by atoms with Gasteiger partial charge in [-0.25, -0.2) is 18.8 Å². The van der Waals surface area contributed by atoms with Crippen molar-refractivity contribution in [1.82, 2.24) is 14.7 Å². The highest BCUT2D eigenvalue weighted by Crippen LogP contribution is 2.34. The fourth-order valence-corrected chi connectivity index (χ4v) is 5.80. The van der Waals surface area contributed by atoms with Gasteiger partial charge in [0.15, 0.2) is 11.6 Å². The van der Waals surface area contributed by atoms with E-state index in [1.165, 1.54) is 48.0 Å². The van der Waals surface area contributed by atoms with Crippen LogP contribution in [-0.2, 0) is 16.1 Å². The molecule has 1 aromatic heterocycles. The van der Waals surface area contributed by atoms with Crippen LogP contribution in [0.4, 0.5) is 14.5 Å². The lowest BCUT2D eigenvalue weighted by Crippen LogP contribution is -2.44. The van der Waals surface area contributed by atoms with Crippen LogP contribution >= 0.6 is 11.6 Å². The maximum absolute atomic E-state index is 15.7. The smallest absolute Gasteiger partial charge is 0.248 e. The molecule has 3 aromatic carbocycles. The molecule has 1 fully saturated rings. The summed E-state index contributed by atoms with van der Waals surface area (Å²) in [7, 11) is 0. The minimum absolute atomic E-state index is 0.00841. The predicted octanol–water partition coefficient (Wildman–Crippen LogP) is 5.85. The van der Waals surface area contributed by atoms with Gasteiger partial charge >= 0.3 is 0 Å². The Hall–Kier alpha value is -5.56. The van der Waals surface area contributed by atoms with Gasteiger partial charge in [0.1, 0.15) is 30.3 Å². The molecule has 0 spiro atoms. The zero-order chi connectivity index (χ0) is 35.6. The first-order chi connectivity index (χ1) is 23.3. The van der Waals surface area contributed by atoms with E-state index in [9.17, 15) is 23.6 Å². The molecular weight excluding hydrogens is 656 g/mol. The highest BCUT2D eigenvalue weighted by molar-refractivity contribution is 6.33. The van der Waals surface area contributed by atoms with E-state index in [-0.39, 0.29) is 58.4 Å². The average molecular weight is 688 g/mol. The molecule has 0 bridgehead atoms. The molecule has 0 saturated carbocycles. The number of amides is 3. The number of rotatable bonds is 9. The van der Waals surface area contributed by atoms with Gasteiger partial charge in [-0.05, 0) is 68.1 Å². The highest BCUT2D eigenvalue weighted by Gasteiger charge is 2.40. The van der Waals surface area contributed by atoms with E-state index < -0.39 is 35.8 Å². The Bertz CT molecular complexity index is 2090. The summed E-state index contributed by atoms with van der Waals surface area (Å²) in [5.74, 6) is -2.84. The Morgan fingerprint density at radius 1 is 1.08 bits per heavy atom. The van der Waals surface area contributed by atoms with Crippen molar-refractivity contribution in [1.29, 1.82) is 0 Å². The number of hydrogen-bond acceptors (Lipinski definition) is 6. The average Bonchev–Trinajstić information content (AvgIpc) is 3.65. The van der Waals surface area contributed by atoms with Gasteiger partial charge in [-0.15, -0.1) is 0 Å². The fraction of sp³-hybridized carbons (Fsp3) is 0.229. The number of Topliss-reactive ketones (excluding diaryl/α,β-unsaturated/α-hetero) is 1. The third-order valence-electron chi connectivity index (χ3n) is 8.17. The van der Waals surface area contributed by atoms with Crippen molar-refractivity contribution in [2.45, 2.75) is 46.0 Å². The molecule has 14 heteroatoms. The van der Waals surface area contributed by atoms with Gasteiger partial charge in [0, 0.05) is 46.6 Å². The molecule has 4 aromatic rings. The molecule has 11 nitrogen and oxygen atoms in total. The number of ketones is 1. The predicted molar refractivity (Wildman–Crippen MR) is 185 cm³/mol.